The maximum absolute atomic E-state index is 12.1. The Morgan fingerprint density at radius 3 is 2.95 bits per heavy atom. The van der Waals surface area contributed by atoms with Crippen LogP contribution in [-0.4, -0.2) is 33.6 Å². The Labute approximate surface area is 121 Å². The molecule has 0 aliphatic carbocycles. The van der Waals surface area contributed by atoms with Gasteiger partial charge in [-0.1, -0.05) is 6.92 Å². The van der Waals surface area contributed by atoms with E-state index in [1.165, 1.54) is 18.3 Å². The van der Waals surface area contributed by atoms with Crippen LogP contribution in [0.4, 0.5) is 5.69 Å². The third-order valence-corrected chi connectivity index (χ3v) is 3.36. The summed E-state index contributed by atoms with van der Waals surface area (Å²) in [4.78, 5) is 25.3. The third kappa shape index (κ3) is 3.38. The fourth-order valence-electron chi connectivity index (χ4n) is 2.06. The molecule has 0 aliphatic rings. The summed E-state index contributed by atoms with van der Waals surface area (Å²) in [6, 6.07) is 4.34. The van der Waals surface area contributed by atoms with Gasteiger partial charge in [0.15, 0.2) is 0 Å². The van der Waals surface area contributed by atoms with E-state index >= 15 is 0 Å². The highest BCUT2D eigenvalue weighted by atomic mass is 16.6. The molecule has 3 N–H and O–H groups in total. The van der Waals surface area contributed by atoms with Crippen molar-refractivity contribution in [3.05, 3.63) is 40.1 Å². The predicted octanol–water partition coefficient (Wildman–Crippen LogP) is 1.97. The average Bonchev–Trinajstić information content (AvgIpc) is 2.89. The van der Waals surface area contributed by atoms with Crippen molar-refractivity contribution >= 4 is 22.5 Å². The molecule has 2 aromatic rings. The topological polar surface area (TPSA) is 108 Å². The molecule has 112 valence electrons. The fourth-order valence-corrected chi connectivity index (χ4v) is 2.06. The predicted molar refractivity (Wildman–Crippen MR) is 78.2 cm³/mol. The van der Waals surface area contributed by atoms with Gasteiger partial charge in [0.25, 0.3) is 11.6 Å². The van der Waals surface area contributed by atoms with Gasteiger partial charge in [-0.3, -0.25) is 14.9 Å². The fraction of sp³-hybridized carbons (Fsp3) is 0.357. The molecule has 21 heavy (non-hydrogen) atoms. The van der Waals surface area contributed by atoms with Crippen molar-refractivity contribution in [1.29, 1.82) is 0 Å². The van der Waals surface area contributed by atoms with Crippen molar-refractivity contribution in [2.24, 2.45) is 0 Å². The van der Waals surface area contributed by atoms with Crippen molar-refractivity contribution < 1.29 is 14.8 Å². The number of amides is 1. The Morgan fingerprint density at radius 1 is 1.52 bits per heavy atom. The molecule has 1 atom stereocenters. The lowest BCUT2D eigenvalue weighted by Crippen LogP contribution is -2.26. The molecule has 1 aromatic heterocycles. The molecule has 0 saturated heterocycles. The SMILES string of the molecule is CCC(O)CCNC(=O)c1c[nH]c2ccc([N+](=O)[O-])cc12. The standard InChI is InChI=1S/C14H17N3O4/c1-2-10(18)5-6-15-14(19)12-8-16-13-4-3-9(17(20)21)7-11(12)13/h3-4,7-8,10,16,18H,2,5-6H2,1H3,(H,15,19). The zero-order valence-electron chi connectivity index (χ0n) is 11.6. The van der Waals surface area contributed by atoms with Crippen LogP contribution in [0.5, 0.6) is 0 Å². The van der Waals surface area contributed by atoms with Gasteiger partial charge in [-0.2, -0.15) is 0 Å². The summed E-state index contributed by atoms with van der Waals surface area (Å²) in [5, 5.41) is 23.4. The van der Waals surface area contributed by atoms with Crippen molar-refractivity contribution in [1.82, 2.24) is 10.3 Å². The molecule has 1 amide bonds. The summed E-state index contributed by atoms with van der Waals surface area (Å²) in [6.45, 7) is 2.22. The minimum absolute atomic E-state index is 0.0578. The molecule has 0 fully saturated rings. The van der Waals surface area contributed by atoms with Gasteiger partial charge >= 0.3 is 0 Å². The average molecular weight is 291 g/mol. The van der Waals surface area contributed by atoms with E-state index in [2.05, 4.69) is 10.3 Å². The third-order valence-electron chi connectivity index (χ3n) is 3.36. The number of aromatic amines is 1. The maximum atomic E-state index is 12.1. The Kier molecular flexibility index (Phi) is 4.54. The summed E-state index contributed by atoms with van der Waals surface area (Å²) in [6.07, 6.45) is 2.20. The van der Waals surface area contributed by atoms with Gasteiger partial charge in [0, 0.05) is 35.8 Å². The largest absolute Gasteiger partial charge is 0.393 e. The molecule has 0 aliphatic heterocycles. The Morgan fingerprint density at radius 2 is 2.29 bits per heavy atom. The number of carbonyl (C=O) groups is 1. The first-order valence-electron chi connectivity index (χ1n) is 6.74. The van der Waals surface area contributed by atoms with Gasteiger partial charge < -0.3 is 15.4 Å². The number of nitrogens with one attached hydrogen (secondary N) is 2. The minimum Gasteiger partial charge on any atom is -0.393 e. The van der Waals surface area contributed by atoms with Crippen molar-refractivity contribution in [2.75, 3.05) is 6.54 Å². The molecular weight excluding hydrogens is 274 g/mol. The molecule has 0 bridgehead atoms. The van der Waals surface area contributed by atoms with E-state index in [1.54, 1.807) is 6.07 Å². The van der Waals surface area contributed by atoms with E-state index in [1.807, 2.05) is 6.92 Å². The zero-order valence-corrected chi connectivity index (χ0v) is 11.6. The zero-order chi connectivity index (χ0) is 15.4. The molecule has 1 unspecified atom stereocenters. The molecular formula is C14H17N3O4. The van der Waals surface area contributed by atoms with E-state index in [0.717, 1.165) is 0 Å². The number of nitro groups is 1. The molecule has 1 aromatic carbocycles. The summed E-state index contributed by atoms with van der Waals surface area (Å²) >= 11 is 0. The van der Waals surface area contributed by atoms with Gasteiger partial charge in [0.1, 0.15) is 0 Å². The second-order valence-corrected chi connectivity index (χ2v) is 4.80. The second kappa shape index (κ2) is 6.36. The van der Waals surface area contributed by atoms with E-state index in [-0.39, 0.29) is 11.6 Å². The molecule has 7 nitrogen and oxygen atoms in total. The number of rotatable bonds is 6. The normalized spacial score (nSPS) is 12.3. The molecule has 2 rings (SSSR count). The first-order chi connectivity index (χ1) is 10.0. The van der Waals surface area contributed by atoms with Crippen LogP contribution in [-0.2, 0) is 0 Å². The summed E-state index contributed by atoms with van der Waals surface area (Å²) in [5.74, 6) is -0.315. The number of aliphatic hydroxyl groups excluding tert-OH is 1. The number of nitrogens with zero attached hydrogens (tertiary/aromatic N) is 1. The minimum atomic E-state index is -0.494. The number of aromatic nitrogens is 1. The smallest absolute Gasteiger partial charge is 0.270 e. The number of hydrogen-bond donors (Lipinski definition) is 3. The van der Waals surface area contributed by atoms with Gasteiger partial charge in [0.2, 0.25) is 0 Å². The first kappa shape index (κ1) is 15.0. The van der Waals surface area contributed by atoms with Crippen LogP contribution in [0.2, 0.25) is 0 Å². The lowest BCUT2D eigenvalue weighted by molar-refractivity contribution is -0.384. The lowest BCUT2D eigenvalue weighted by atomic mass is 10.1. The van der Waals surface area contributed by atoms with E-state index in [0.29, 0.717) is 35.9 Å². The maximum Gasteiger partial charge on any atom is 0.270 e. The number of aliphatic hydroxyl groups is 1. The summed E-state index contributed by atoms with van der Waals surface area (Å²) in [5.41, 5.74) is 0.969. The van der Waals surface area contributed by atoms with Crippen molar-refractivity contribution in [3.8, 4) is 0 Å². The Balaban J connectivity index is 2.15. The van der Waals surface area contributed by atoms with E-state index < -0.39 is 11.0 Å². The molecule has 7 heteroatoms. The van der Waals surface area contributed by atoms with Gasteiger partial charge in [0.05, 0.1) is 16.6 Å². The molecule has 1 heterocycles. The summed E-state index contributed by atoms with van der Waals surface area (Å²) < 4.78 is 0. The molecule has 0 radical (unpaired) electrons. The molecule has 0 spiro atoms. The number of carbonyl (C=O) groups excluding carboxylic acids is 1. The van der Waals surface area contributed by atoms with Crippen LogP contribution in [0.1, 0.15) is 30.1 Å². The molecule has 0 saturated carbocycles. The van der Waals surface area contributed by atoms with Crippen LogP contribution in [0.3, 0.4) is 0 Å². The van der Waals surface area contributed by atoms with Crippen molar-refractivity contribution in [2.45, 2.75) is 25.9 Å². The lowest BCUT2D eigenvalue weighted by Gasteiger charge is -2.08. The highest BCUT2D eigenvalue weighted by Crippen LogP contribution is 2.23. The van der Waals surface area contributed by atoms with E-state index in [4.69, 9.17) is 0 Å². The number of H-pyrrole nitrogens is 1. The van der Waals surface area contributed by atoms with Crippen LogP contribution >= 0.6 is 0 Å². The highest BCUT2D eigenvalue weighted by molar-refractivity contribution is 6.07. The quantitative estimate of drug-likeness (QED) is 0.558. The van der Waals surface area contributed by atoms with Gasteiger partial charge in [-0.05, 0) is 18.9 Å². The van der Waals surface area contributed by atoms with Crippen LogP contribution in [0.15, 0.2) is 24.4 Å². The number of non-ortho nitro benzene ring substituents is 1. The van der Waals surface area contributed by atoms with Crippen molar-refractivity contribution in [3.63, 3.8) is 0 Å². The van der Waals surface area contributed by atoms with Crippen LogP contribution < -0.4 is 5.32 Å². The van der Waals surface area contributed by atoms with Crippen LogP contribution in [0.25, 0.3) is 10.9 Å². The second-order valence-electron chi connectivity index (χ2n) is 4.80. The number of nitro benzene ring substituents is 1. The number of benzene rings is 1. The van der Waals surface area contributed by atoms with Gasteiger partial charge in [-0.25, -0.2) is 0 Å². The highest BCUT2D eigenvalue weighted by Gasteiger charge is 2.15. The van der Waals surface area contributed by atoms with Gasteiger partial charge in [-0.15, -0.1) is 0 Å². The summed E-state index contributed by atoms with van der Waals surface area (Å²) in [7, 11) is 0. The Hall–Kier alpha value is -2.41. The first-order valence-corrected chi connectivity index (χ1v) is 6.74. The van der Waals surface area contributed by atoms with E-state index in [9.17, 15) is 20.0 Å². The monoisotopic (exact) mass is 291 g/mol. The Bertz CT molecular complexity index is 665. The van der Waals surface area contributed by atoms with Crippen LogP contribution in [0, 0.1) is 10.1 Å². The number of hydrogen-bond acceptors (Lipinski definition) is 4. The number of fused-ring (bicyclic) bond motifs is 1.